The van der Waals surface area contributed by atoms with Gasteiger partial charge in [-0.3, -0.25) is 4.79 Å². The minimum absolute atomic E-state index is 0.0345. The van der Waals surface area contributed by atoms with Gasteiger partial charge in [-0.25, -0.2) is 9.97 Å². The molecule has 0 spiro atoms. The molecule has 27 heavy (non-hydrogen) atoms. The van der Waals surface area contributed by atoms with Crippen molar-refractivity contribution in [2.45, 2.75) is 51.7 Å². The zero-order chi connectivity index (χ0) is 19.0. The molecular weight excluding hydrogens is 360 g/mol. The lowest BCUT2D eigenvalue weighted by Crippen LogP contribution is -2.39. The standard InChI is InChI=1S/C20H26N4O2S/c1-20(2)10-15(22-18(26)17-4-3-9-27-17)14-12-21-19(23-16(14)11-20)24-7-5-13(25)6-8-24/h3-4,9,12-13,15,25H,5-8,10-11H2,1-2H3,(H,22,26). The summed E-state index contributed by atoms with van der Waals surface area (Å²) in [6.07, 6.45) is 4.93. The van der Waals surface area contributed by atoms with Crippen molar-refractivity contribution in [2.75, 3.05) is 18.0 Å². The number of carbonyl (C=O) groups is 1. The molecule has 1 amide bonds. The number of nitrogens with zero attached hydrogens (tertiary/aromatic N) is 3. The summed E-state index contributed by atoms with van der Waals surface area (Å²) >= 11 is 1.45. The van der Waals surface area contributed by atoms with Gasteiger partial charge >= 0.3 is 0 Å². The van der Waals surface area contributed by atoms with Crippen molar-refractivity contribution in [1.82, 2.24) is 15.3 Å². The minimum Gasteiger partial charge on any atom is -0.393 e. The molecule has 144 valence electrons. The molecule has 0 aromatic carbocycles. The number of amides is 1. The van der Waals surface area contributed by atoms with Crippen molar-refractivity contribution >= 4 is 23.2 Å². The second kappa shape index (κ2) is 7.20. The SMILES string of the molecule is CC1(C)Cc2nc(N3CCC(O)CC3)ncc2C(NC(=O)c2cccs2)C1. The second-order valence-corrected chi connectivity index (χ2v) is 9.29. The average molecular weight is 387 g/mol. The van der Waals surface area contributed by atoms with Crippen LogP contribution >= 0.6 is 11.3 Å². The summed E-state index contributed by atoms with van der Waals surface area (Å²) in [7, 11) is 0. The van der Waals surface area contributed by atoms with Crippen molar-refractivity contribution in [2.24, 2.45) is 5.41 Å². The number of rotatable bonds is 3. The molecule has 6 nitrogen and oxygen atoms in total. The lowest BCUT2D eigenvalue weighted by Gasteiger charge is -2.37. The van der Waals surface area contributed by atoms with Crippen molar-refractivity contribution in [3.05, 3.63) is 39.8 Å². The Morgan fingerprint density at radius 2 is 2.15 bits per heavy atom. The van der Waals surface area contributed by atoms with Gasteiger partial charge in [0.05, 0.1) is 22.7 Å². The molecule has 0 saturated carbocycles. The van der Waals surface area contributed by atoms with Gasteiger partial charge in [0.1, 0.15) is 0 Å². The Balaban J connectivity index is 1.58. The lowest BCUT2D eigenvalue weighted by molar-refractivity contribution is 0.0923. The molecule has 1 saturated heterocycles. The van der Waals surface area contributed by atoms with Crippen LogP contribution in [0.1, 0.15) is 60.1 Å². The lowest BCUT2D eigenvalue weighted by atomic mass is 9.74. The maximum atomic E-state index is 12.6. The maximum absolute atomic E-state index is 12.6. The smallest absolute Gasteiger partial charge is 0.261 e. The van der Waals surface area contributed by atoms with Crippen LogP contribution in [0.25, 0.3) is 0 Å². The number of aliphatic hydroxyl groups is 1. The van der Waals surface area contributed by atoms with Crippen LogP contribution in [0.3, 0.4) is 0 Å². The predicted molar refractivity (Wildman–Crippen MR) is 106 cm³/mol. The molecule has 1 aliphatic carbocycles. The molecule has 2 aromatic heterocycles. The number of nitrogens with one attached hydrogen (secondary N) is 1. The topological polar surface area (TPSA) is 78.3 Å². The Labute approximate surface area is 163 Å². The number of aliphatic hydroxyl groups excluding tert-OH is 1. The summed E-state index contributed by atoms with van der Waals surface area (Å²) in [5, 5.41) is 14.8. The van der Waals surface area contributed by atoms with E-state index in [1.54, 1.807) is 0 Å². The fourth-order valence-electron chi connectivity index (χ4n) is 4.02. The third kappa shape index (κ3) is 3.99. The number of hydrogen-bond donors (Lipinski definition) is 2. The van der Waals surface area contributed by atoms with Crippen LogP contribution in [0, 0.1) is 5.41 Å². The number of aromatic nitrogens is 2. The quantitative estimate of drug-likeness (QED) is 0.848. The third-order valence-corrected chi connectivity index (χ3v) is 6.33. The van der Waals surface area contributed by atoms with E-state index in [1.165, 1.54) is 11.3 Å². The van der Waals surface area contributed by atoms with Gasteiger partial charge in [-0.1, -0.05) is 19.9 Å². The van der Waals surface area contributed by atoms with E-state index in [-0.39, 0.29) is 23.5 Å². The second-order valence-electron chi connectivity index (χ2n) is 8.34. The highest BCUT2D eigenvalue weighted by Crippen LogP contribution is 2.40. The average Bonchev–Trinajstić information content (AvgIpc) is 3.15. The molecule has 3 heterocycles. The first-order chi connectivity index (χ1) is 12.9. The van der Waals surface area contributed by atoms with Crippen molar-refractivity contribution in [3.8, 4) is 0 Å². The first kappa shape index (κ1) is 18.4. The van der Waals surface area contributed by atoms with Crippen LogP contribution < -0.4 is 10.2 Å². The van der Waals surface area contributed by atoms with E-state index in [0.29, 0.717) is 0 Å². The Morgan fingerprint density at radius 1 is 1.37 bits per heavy atom. The number of thiophene rings is 1. The Bertz CT molecular complexity index is 813. The van der Waals surface area contributed by atoms with E-state index in [1.807, 2.05) is 23.7 Å². The van der Waals surface area contributed by atoms with Crippen molar-refractivity contribution in [3.63, 3.8) is 0 Å². The molecule has 1 unspecified atom stereocenters. The molecule has 0 bridgehead atoms. The van der Waals surface area contributed by atoms with E-state index in [0.717, 1.165) is 60.9 Å². The van der Waals surface area contributed by atoms with E-state index in [2.05, 4.69) is 29.0 Å². The van der Waals surface area contributed by atoms with Gasteiger partial charge in [0, 0.05) is 24.8 Å². The summed E-state index contributed by atoms with van der Waals surface area (Å²) in [5.74, 6) is 0.703. The van der Waals surface area contributed by atoms with Gasteiger partial charge in [-0.15, -0.1) is 11.3 Å². The molecule has 7 heteroatoms. The zero-order valence-corrected chi connectivity index (χ0v) is 16.6. The van der Waals surface area contributed by atoms with Gasteiger partial charge in [-0.05, 0) is 42.5 Å². The summed E-state index contributed by atoms with van der Waals surface area (Å²) in [4.78, 5) is 24.9. The van der Waals surface area contributed by atoms with E-state index >= 15 is 0 Å². The highest BCUT2D eigenvalue weighted by molar-refractivity contribution is 7.12. The normalized spacial score (nSPS) is 22.3. The molecular formula is C20H26N4O2S. The minimum atomic E-state index is -0.213. The van der Waals surface area contributed by atoms with E-state index in [9.17, 15) is 9.90 Å². The van der Waals surface area contributed by atoms with Crippen LogP contribution in [0.4, 0.5) is 5.95 Å². The monoisotopic (exact) mass is 386 g/mol. The number of piperidine rings is 1. The van der Waals surface area contributed by atoms with E-state index < -0.39 is 0 Å². The number of anilines is 1. The largest absolute Gasteiger partial charge is 0.393 e. The number of fused-ring (bicyclic) bond motifs is 1. The number of carbonyl (C=O) groups excluding carboxylic acids is 1. The number of hydrogen-bond acceptors (Lipinski definition) is 6. The van der Waals surface area contributed by atoms with Gasteiger partial charge in [0.25, 0.3) is 5.91 Å². The highest BCUT2D eigenvalue weighted by Gasteiger charge is 2.35. The highest BCUT2D eigenvalue weighted by atomic mass is 32.1. The van der Waals surface area contributed by atoms with Crippen LogP contribution in [0.15, 0.2) is 23.7 Å². The van der Waals surface area contributed by atoms with Gasteiger partial charge < -0.3 is 15.3 Å². The Kier molecular flexibility index (Phi) is 4.90. The molecule has 1 aliphatic heterocycles. The summed E-state index contributed by atoms with van der Waals surface area (Å²) in [5.41, 5.74) is 2.11. The van der Waals surface area contributed by atoms with Gasteiger partial charge in [-0.2, -0.15) is 0 Å². The molecule has 2 N–H and O–H groups in total. The molecule has 1 atom stereocenters. The molecule has 4 rings (SSSR count). The summed E-state index contributed by atoms with van der Waals surface area (Å²) < 4.78 is 0. The third-order valence-electron chi connectivity index (χ3n) is 5.46. The predicted octanol–water partition coefficient (Wildman–Crippen LogP) is 2.94. The van der Waals surface area contributed by atoms with Crippen LogP contribution in [-0.2, 0) is 6.42 Å². The molecule has 1 fully saturated rings. The molecule has 2 aromatic rings. The first-order valence-electron chi connectivity index (χ1n) is 9.54. The fourth-order valence-corrected chi connectivity index (χ4v) is 4.65. The maximum Gasteiger partial charge on any atom is 0.261 e. The van der Waals surface area contributed by atoms with Crippen LogP contribution in [-0.4, -0.2) is 40.2 Å². The fraction of sp³-hybridized carbons (Fsp3) is 0.550. The summed E-state index contributed by atoms with van der Waals surface area (Å²) in [6.45, 7) is 6.00. The van der Waals surface area contributed by atoms with Crippen LogP contribution in [0.2, 0.25) is 0 Å². The van der Waals surface area contributed by atoms with E-state index in [4.69, 9.17) is 4.98 Å². The van der Waals surface area contributed by atoms with Crippen LogP contribution in [0.5, 0.6) is 0 Å². The first-order valence-corrected chi connectivity index (χ1v) is 10.4. The van der Waals surface area contributed by atoms with Gasteiger partial charge in [0.15, 0.2) is 0 Å². The van der Waals surface area contributed by atoms with Crippen molar-refractivity contribution < 1.29 is 9.90 Å². The van der Waals surface area contributed by atoms with Gasteiger partial charge in [0.2, 0.25) is 5.95 Å². The zero-order valence-electron chi connectivity index (χ0n) is 15.8. The molecule has 2 aliphatic rings. The summed E-state index contributed by atoms with van der Waals surface area (Å²) in [6, 6.07) is 3.67. The molecule has 0 radical (unpaired) electrons. The van der Waals surface area contributed by atoms with Crippen molar-refractivity contribution in [1.29, 1.82) is 0 Å². The Hall–Kier alpha value is -1.99. The Morgan fingerprint density at radius 3 is 2.85 bits per heavy atom.